The fraction of sp³-hybridized carbons (Fsp3) is 0.632. The summed E-state index contributed by atoms with van der Waals surface area (Å²) in [6.45, 7) is 4.22. The lowest BCUT2D eigenvalue weighted by Gasteiger charge is -2.38. The summed E-state index contributed by atoms with van der Waals surface area (Å²) in [6, 6.07) is 4.65. The molecule has 1 aromatic carbocycles. The summed E-state index contributed by atoms with van der Waals surface area (Å²) < 4.78 is 32.8. The molecule has 0 saturated carbocycles. The highest BCUT2D eigenvalue weighted by Crippen LogP contribution is 2.31. The highest BCUT2D eigenvalue weighted by Gasteiger charge is 2.33. The summed E-state index contributed by atoms with van der Waals surface area (Å²) in [4.78, 5) is 14.9. The number of ether oxygens (including phenoxy) is 1. The molecular weight excluding hydrogens is 366 g/mol. The van der Waals surface area contributed by atoms with E-state index in [0.717, 1.165) is 25.7 Å². The van der Waals surface area contributed by atoms with Gasteiger partial charge >= 0.3 is 0 Å². The topological polar surface area (TPSA) is 92.9 Å². The van der Waals surface area contributed by atoms with Crippen LogP contribution in [-0.4, -0.2) is 62.9 Å². The van der Waals surface area contributed by atoms with E-state index in [1.165, 1.54) is 17.5 Å². The number of sulfonamides is 1. The monoisotopic (exact) mass is 395 g/mol. The van der Waals surface area contributed by atoms with Crippen LogP contribution in [0.25, 0.3) is 0 Å². The summed E-state index contributed by atoms with van der Waals surface area (Å²) >= 11 is 0. The average molecular weight is 396 g/mol. The van der Waals surface area contributed by atoms with Gasteiger partial charge in [-0.05, 0) is 49.8 Å². The van der Waals surface area contributed by atoms with Crippen LogP contribution in [0.15, 0.2) is 23.1 Å². The van der Waals surface area contributed by atoms with Crippen LogP contribution in [0.1, 0.15) is 43.0 Å². The van der Waals surface area contributed by atoms with Gasteiger partial charge < -0.3 is 15.4 Å². The van der Waals surface area contributed by atoms with Gasteiger partial charge in [-0.1, -0.05) is 6.92 Å². The molecule has 0 aromatic heterocycles. The summed E-state index contributed by atoms with van der Waals surface area (Å²) in [7, 11) is -2.24. The Kier molecular flexibility index (Phi) is 6.08. The van der Waals surface area contributed by atoms with Gasteiger partial charge in [0.05, 0.1) is 7.11 Å². The molecule has 2 unspecified atom stereocenters. The van der Waals surface area contributed by atoms with E-state index in [0.29, 0.717) is 37.7 Å². The predicted octanol–water partition coefficient (Wildman–Crippen LogP) is 1.68. The molecule has 1 aromatic rings. The van der Waals surface area contributed by atoms with Gasteiger partial charge in [-0.15, -0.1) is 0 Å². The number of carbonyl (C=O) groups excluding carboxylic acids is 1. The van der Waals surface area contributed by atoms with E-state index < -0.39 is 10.0 Å². The zero-order valence-corrected chi connectivity index (χ0v) is 16.9. The second kappa shape index (κ2) is 8.16. The van der Waals surface area contributed by atoms with E-state index in [4.69, 9.17) is 10.5 Å². The summed E-state index contributed by atoms with van der Waals surface area (Å²) in [5.41, 5.74) is 6.25. The van der Waals surface area contributed by atoms with Crippen molar-refractivity contribution in [3.63, 3.8) is 0 Å². The Hall–Kier alpha value is -1.64. The lowest BCUT2D eigenvalue weighted by Crippen LogP contribution is -2.49. The SMILES string of the molecule is COc1ccc(C(=O)N2CCC(C)CC2CN)cc1S(=O)(=O)N1CCCC1. The number of nitrogens with two attached hydrogens (primary N) is 1. The van der Waals surface area contributed by atoms with Crippen LogP contribution in [0.5, 0.6) is 5.75 Å². The Morgan fingerprint density at radius 3 is 2.59 bits per heavy atom. The van der Waals surface area contributed by atoms with E-state index in [1.807, 2.05) is 0 Å². The minimum atomic E-state index is -3.68. The third kappa shape index (κ3) is 3.97. The molecule has 7 nitrogen and oxygen atoms in total. The summed E-state index contributed by atoms with van der Waals surface area (Å²) in [5, 5.41) is 0. The third-order valence-electron chi connectivity index (χ3n) is 5.60. The molecule has 2 atom stereocenters. The second-order valence-corrected chi connectivity index (χ2v) is 9.40. The highest BCUT2D eigenvalue weighted by molar-refractivity contribution is 7.89. The number of piperidine rings is 1. The normalized spacial score (nSPS) is 24.2. The number of likely N-dealkylation sites (tertiary alicyclic amines) is 1. The maximum Gasteiger partial charge on any atom is 0.254 e. The first kappa shape index (κ1) is 20.1. The van der Waals surface area contributed by atoms with Crippen molar-refractivity contribution in [2.75, 3.05) is 33.3 Å². The molecule has 2 aliphatic rings. The van der Waals surface area contributed by atoms with Crippen LogP contribution in [0.4, 0.5) is 0 Å². The first-order valence-electron chi connectivity index (χ1n) is 9.57. The van der Waals surface area contributed by atoms with Gasteiger partial charge in [0.2, 0.25) is 10.0 Å². The van der Waals surface area contributed by atoms with Gasteiger partial charge in [-0.25, -0.2) is 8.42 Å². The minimum Gasteiger partial charge on any atom is -0.495 e. The van der Waals surface area contributed by atoms with Gasteiger partial charge in [-0.2, -0.15) is 4.31 Å². The van der Waals surface area contributed by atoms with Crippen molar-refractivity contribution in [2.45, 2.75) is 43.5 Å². The lowest BCUT2D eigenvalue weighted by atomic mass is 9.92. The van der Waals surface area contributed by atoms with Crippen LogP contribution in [-0.2, 0) is 10.0 Å². The molecule has 2 aliphatic heterocycles. The number of hydrogen-bond acceptors (Lipinski definition) is 5. The number of carbonyl (C=O) groups is 1. The van der Waals surface area contributed by atoms with E-state index in [-0.39, 0.29) is 22.6 Å². The Balaban J connectivity index is 1.94. The molecule has 0 bridgehead atoms. The molecule has 3 rings (SSSR count). The Morgan fingerprint density at radius 1 is 1.26 bits per heavy atom. The zero-order valence-electron chi connectivity index (χ0n) is 16.1. The molecule has 2 heterocycles. The van der Waals surface area contributed by atoms with Crippen LogP contribution in [0.3, 0.4) is 0 Å². The number of amides is 1. The van der Waals surface area contributed by atoms with Crippen molar-refractivity contribution in [1.82, 2.24) is 9.21 Å². The molecule has 2 fully saturated rings. The van der Waals surface area contributed by atoms with Crippen LogP contribution >= 0.6 is 0 Å². The van der Waals surface area contributed by atoms with E-state index >= 15 is 0 Å². The molecular formula is C19H29N3O4S. The fourth-order valence-corrected chi connectivity index (χ4v) is 5.69. The summed E-state index contributed by atoms with van der Waals surface area (Å²) in [6.07, 6.45) is 3.50. The number of nitrogens with zero attached hydrogens (tertiary/aromatic N) is 2. The van der Waals surface area contributed by atoms with E-state index in [9.17, 15) is 13.2 Å². The number of benzene rings is 1. The molecule has 1 amide bonds. The molecule has 2 saturated heterocycles. The second-order valence-electron chi connectivity index (χ2n) is 7.49. The smallest absolute Gasteiger partial charge is 0.254 e. The maximum atomic E-state index is 13.1. The highest BCUT2D eigenvalue weighted by atomic mass is 32.2. The van der Waals surface area contributed by atoms with Crippen molar-refractivity contribution >= 4 is 15.9 Å². The lowest BCUT2D eigenvalue weighted by molar-refractivity contribution is 0.0573. The van der Waals surface area contributed by atoms with Gasteiger partial charge in [0.1, 0.15) is 10.6 Å². The van der Waals surface area contributed by atoms with Crippen molar-refractivity contribution in [2.24, 2.45) is 11.7 Å². The largest absolute Gasteiger partial charge is 0.495 e. The minimum absolute atomic E-state index is 0.0120. The number of methoxy groups -OCH3 is 1. The van der Waals surface area contributed by atoms with E-state index in [2.05, 4.69) is 6.92 Å². The van der Waals surface area contributed by atoms with Crippen molar-refractivity contribution in [3.8, 4) is 5.75 Å². The molecule has 0 aliphatic carbocycles. The molecule has 27 heavy (non-hydrogen) atoms. The number of hydrogen-bond donors (Lipinski definition) is 1. The van der Waals surface area contributed by atoms with Gasteiger partial charge in [0, 0.05) is 37.8 Å². The van der Waals surface area contributed by atoms with Crippen molar-refractivity contribution in [1.29, 1.82) is 0 Å². The average Bonchev–Trinajstić information content (AvgIpc) is 3.22. The number of rotatable bonds is 5. The molecule has 150 valence electrons. The maximum absolute atomic E-state index is 13.1. The van der Waals surface area contributed by atoms with Crippen molar-refractivity contribution < 1.29 is 17.9 Å². The van der Waals surface area contributed by atoms with Crippen LogP contribution < -0.4 is 10.5 Å². The van der Waals surface area contributed by atoms with Gasteiger partial charge in [0.25, 0.3) is 5.91 Å². The van der Waals surface area contributed by atoms with Crippen LogP contribution in [0, 0.1) is 5.92 Å². The molecule has 0 spiro atoms. The van der Waals surface area contributed by atoms with E-state index in [1.54, 1.807) is 17.0 Å². The molecule has 0 radical (unpaired) electrons. The Labute approximate surface area is 161 Å². The predicted molar refractivity (Wildman–Crippen MR) is 103 cm³/mol. The first-order valence-corrected chi connectivity index (χ1v) is 11.0. The Bertz CT molecular complexity index is 790. The fourth-order valence-electron chi connectivity index (χ4n) is 3.99. The zero-order chi connectivity index (χ0) is 19.6. The molecule has 8 heteroatoms. The van der Waals surface area contributed by atoms with Gasteiger partial charge in [0.15, 0.2) is 0 Å². The summed E-state index contributed by atoms with van der Waals surface area (Å²) in [5.74, 6) is 0.628. The van der Waals surface area contributed by atoms with Crippen molar-refractivity contribution in [3.05, 3.63) is 23.8 Å². The first-order chi connectivity index (χ1) is 12.9. The quantitative estimate of drug-likeness (QED) is 0.819. The van der Waals surface area contributed by atoms with Gasteiger partial charge in [-0.3, -0.25) is 4.79 Å². The standard InChI is InChI=1S/C19H29N3O4S/c1-14-7-10-22(16(11-14)13-20)19(23)15-5-6-17(26-2)18(12-15)27(24,25)21-8-3-4-9-21/h5-6,12,14,16H,3-4,7-11,13,20H2,1-2H3. The Morgan fingerprint density at radius 2 is 1.96 bits per heavy atom. The van der Waals surface area contributed by atoms with Crippen LogP contribution in [0.2, 0.25) is 0 Å². The third-order valence-corrected chi connectivity index (χ3v) is 7.52. The molecule has 2 N–H and O–H groups in total.